The second kappa shape index (κ2) is 6.36. The number of H-pyrrole nitrogens is 1. The molecule has 5 heteroatoms. The van der Waals surface area contributed by atoms with Gasteiger partial charge in [-0.1, -0.05) is 18.2 Å². The lowest BCUT2D eigenvalue weighted by Gasteiger charge is -2.13. The minimum Gasteiger partial charge on any atom is -0.358 e. The molecule has 2 rings (SSSR count). The van der Waals surface area contributed by atoms with E-state index in [0.717, 1.165) is 16.6 Å². The number of rotatable bonds is 6. The first kappa shape index (κ1) is 13.6. The van der Waals surface area contributed by atoms with Crippen LogP contribution in [0.1, 0.15) is 5.69 Å². The molecule has 0 atom stereocenters. The fourth-order valence-corrected chi connectivity index (χ4v) is 1.92. The second-order valence-corrected chi connectivity index (χ2v) is 4.26. The highest BCUT2D eigenvalue weighted by atomic mass is 16.7. The number of para-hydroxylation sites is 1. The van der Waals surface area contributed by atoms with E-state index >= 15 is 0 Å². The van der Waals surface area contributed by atoms with Crippen molar-refractivity contribution in [2.45, 2.75) is 12.7 Å². The molecule has 0 fully saturated rings. The van der Waals surface area contributed by atoms with Crippen LogP contribution in [0.2, 0.25) is 0 Å². The Morgan fingerprint density at radius 2 is 2.05 bits per heavy atom. The molecule has 0 unspecified atom stereocenters. The smallest absolute Gasteiger partial charge is 0.226 e. The van der Waals surface area contributed by atoms with Crippen molar-refractivity contribution < 1.29 is 14.3 Å². The molecule has 5 nitrogen and oxygen atoms in total. The fraction of sp³-hybridized carbons (Fsp3) is 0.357. The summed E-state index contributed by atoms with van der Waals surface area (Å²) in [5.41, 5.74) is 1.93. The largest absolute Gasteiger partial charge is 0.358 e. The van der Waals surface area contributed by atoms with Crippen molar-refractivity contribution >= 4 is 16.8 Å². The maximum Gasteiger partial charge on any atom is 0.226 e. The Hall–Kier alpha value is -1.85. The molecule has 1 amide bonds. The van der Waals surface area contributed by atoms with Gasteiger partial charge in [0.05, 0.1) is 13.0 Å². The lowest BCUT2D eigenvalue weighted by Crippen LogP contribution is -2.35. The first-order valence-electron chi connectivity index (χ1n) is 6.12. The molecule has 102 valence electrons. The van der Waals surface area contributed by atoms with Crippen molar-refractivity contribution in [1.82, 2.24) is 10.3 Å². The first-order valence-corrected chi connectivity index (χ1v) is 6.12. The quantitative estimate of drug-likeness (QED) is 0.774. The molecule has 19 heavy (non-hydrogen) atoms. The monoisotopic (exact) mass is 262 g/mol. The lowest BCUT2D eigenvalue weighted by molar-refractivity contribution is -0.126. The summed E-state index contributed by atoms with van der Waals surface area (Å²) in [5.74, 6) is -0.0642. The average molecular weight is 262 g/mol. The zero-order valence-corrected chi connectivity index (χ0v) is 11.1. The zero-order valence-electron chi connectivity index (χ0n) is 11.1. The second-order valence-electron chi connectivity index (χ2n) is 4.26. The number of hydrogen-bond donors (Lipinski definition) is 2. The van der Waals surface area contributed by atoms with Gasteiger partial charge in [0.25, 0.3) is 0 Å². The Bertz CT molecular complexity index is 513. The van der Waals surface area contributed by atoms with E-state index in [4.69, 9.17) is 9.47 Å². The van der Waals surface area contributed by atoms with Crippen LogP contribution in [0.15, 0.2) is 30.3 Å². The minimum absolute atomic E-state index is 0.0642. The number of aromatic amines is 1. The summed E-state index contributed by atoms with van der Waals surface area (Å²) < 4.78 is 10.0. The summed E-state index contributed by atoms with van der Waals surface area (Å²) in [6, 6.07) is 9.92. The van der Waals surface area contributed by atoms with Gasteiger partial charge in [-0.15, -0.1) is 0 Å². The Labute approximate surface area is 111 Å². The Morgan fingerprint density at radius 1 is 1.32 bits per heavy atom. The van der Waals surface area contributed by atoms with Crippen LogP contribution in [-0.2, 0) is 20.7 Å². The van der Waals surface area contributed by atoms with E-state index in [1.807, 2.05) is 30.3 Å². The molecule has 0 aliphatic rings. The number of carbonyl (C=O) groups excluding carboxylic acids is 1. The molecule has 0 aliphatic heterocycles. The SMILES string of the molecule is COC(CNC(=O)Cc1cc2ccccc2[nH]1)OC. The molecule has 0 saturated heterocycles. The zero-order chi connectivity index (χ0) is 13.7. The number of aromatic nitrogens is 1. The van der Waals surface area contributed by atoms with Crippen LogP contribution < -0.4 is 5.32 Å². The maximum absolute atomic E-state index is 11.8. The van der Waals surface area contributed by atoms with Crippen LogP contribution in [0.4, 0.5) is 0 Å². The summed E-state index contributed by atoms with van der Waals surface area (Å²) in [6.45, 7) is 0.339. The van der Waals surface area contributed by atoms with Gasteiger partial charge in [-0.2, -0.15) is 0 Å². The van der Waals surface area contributed by atoms with E-state index < -0.39 is 6.29 Å². The normalized spacial score (nSPS) is 11.1. The third kappa shape index (κ3) is 3.56. The van der Waals surface area contributed by atoms with E-state index in [9.17, 15) is 4.79 Å². The van der Waals surface area contributed by atoms with Crippen molar-refractivity contribution in [3.63, 3.8) is 0 Å². The van der Waals surface area contributed by atoms with Crippen LogP contribution in [0, 0.1) is 0 Å². The number of nitrogens with one attached hydrogen (secondary N) is 2. The average Bonchev–Trinajstić information content (AvgIpc) is 2.81. The van der Waals surface area contributed by atoms with Crippen molar-refractivity contribution in [2.24, 2.45) is 0 Å². The standard InChI is InChI=1S/C14H18N2O3/c1-18-14(19-2)9-15-13(17)8-11-7-10-5-3-4-6-12(10)16-11/h3-7,14,16H,8-9H2,1-2H3,(H,15,17). The molecule has 0 saturated carbocycles. The summed E-state index contributed by atoms with van der Waals surface area (Å²) >= 11 is 0. The van der Waals surface area contributed by atoms with Crippen LogP contribution in [0.5, 0.6) is 0 Å². The highest BCUT2D eigenvalue weighted by Gasteiger charge is 2.09. The first-order chi connectivity index (χ1) is 9.22. The van der Waals surface area contributed by atoms with Gasteiger partial charge in [0.1, 0.15) is 0 Å². The molecule has 2 aromatic rings. The van der Waals surface area contributed by atoms with E-state index in [-0.39, 0.29) is 5.91 Å². The number of carbonyl (C=O) groups is 1. The maximum atomic E-state index is 11.8. The van der Waals surface area contributed by atoms with E-state index in [2.05, 4.69) is 10.3 Å². The third-order valence-electron chi connectivity index (χ3n) is 2.93. The van der Waals surface area contributed by atoms with Gasteiger partial charge in [0, 0.05) is 25.4 Å². The number of hydrogen-bond acceptors (Lipinski definition) is 3. The minimum atomic E-state index is -0.410. The molecular formula is C14H18N2O3. The Balaban J connectivity index is 1.91. The molecule has 0 bridgehead atoms. The van der Waals surface area contributed by atoms with Gasteiger partial charge in [0.15, 0.2) is 6.29 Å². The van der Waals surface area contributed by atoms with Gasteiger partial charge in [0.2, 0.25) is 5.91 Å². The fourth-order valence-electron chi connectivity index (χ4n) is 1.92. The molecule has 1 aromatic heterocycles. The van der Waals surface area contributed by atoms with Crippen LogP contribution in [0.3, 0.4) is 0 Å². The van der Waals surface area contributed by atoms with Crippen molar-refractivity contribution in [3.8, 4) is 0 Å². The number of fused-ring (bicyclic) bond motifs is 1. The third-order valence-corrected chi connectivity index (χ3v) is 2.93. The van der Waals surface area contributed by atoms with Gasteiger partial charge < -0.3 is 19.8 Å². The van der Waals surface area contributed by atoms with Crippen molar-refractivity contribution in [2.75, 3.05) is 20.8 Å². The predicted molar refractivity (Wildman–Crippen MR) is 72.8 cm³/mol. The molecule has 0 spiro atoms. The lowest BCUT2D eigenvalue weighted by atomic mass is 10.2. The molecule has 1 aromatic carbocycles. The van der Waals surface area contributed by atoms with E-state index in [1.165, 1.54) is 14.2 Å². The summed E-state index contributed by atoms with van der Waals surface area (Å²) in [5, 5.41) is 3.88. The number of amides is 1. The van der Waals surface area contributed by atoms with E-state index in [1.54, 1.807) is 0 Å². The van der Waals surface area contributed by atoms with Gasteiger partial charge >= 0.3 is 0 Å². The topological polar surface area (TPSA) is 63.3 Å². The Morgan fingerprint density at radius 3 is 2.74 bits per heavy atom. The number of methoxy groups -OCH3 is 2. The number of benzene rings is 1. The van der Waals surface area contributed by atoms with E-state index in [0.29, 0.717) is 13.0 Å². The Kier molecular flexibility index (Phi) is 4.54. The van der Waals surface area contributed by atoms with Gasteiger partial charge in [-0.3, -0.25) is 4.79 Å². The molecular weight excluding hydrogens is 244 g/mol. The summed E-state index contributed by atoms with van der Waals surface area (Å²) in [6.07, 6.45) is -0.0962. The summed E-state index contributed by atoms with van der Waals surface area (Å²) in [4.78, 5) is 15.0. The molecule has 2 N–H and O–H groups in total. The molecule has 1 heterocycles. The highest BCUT2D eigenvalue weighted by Crippen LogP contribution is 2.14. The highest BCUT2D eigenvalue weighted by molar-refractivity contribution is 5.84. The van der Waals surface area contributed by atoms with Crippen LogP contribution in [-0.4, -0.2) is 37.9 Å². The number of ether oxygens (including phenoxy) is 2. The predicted octanol–water partition coefficient (Wildman–Crippen LogP) is 1.45. The molecule has 0 radical (unpaired) electrons. The van der Waals surface area contributed by atoms with Crippen molar-refractivity contribution in [1.29, 1.82) is 0 Å². The van der Waals surface area contributed by atoms with Crippen LogP contribution in [0.25, 0.3) is 10.9 Å². The molecule has 0 aliphatic carbocycles. The van der Waals surface area contributed by atoms with Crippen molar-refractivity contribution in [3.05, 3.63) is 36.0 Å². The summed E-state index contributed by atoms with van der Waals surface area (Å²) in [7, 11) is 3.08. The van der Waals surface area contributed by atoms with Gasteiger partial charge in [-0.25, -0.2) is 0 Å². The van der Waals surface area contributed by atoms with Gasteiger partial charge in [-0.05, 0) is 17.5 Å². The van der Waals surface area contributed by atoms with Crippen LogP contribution >= 0.6 is 0 Å².